The number of benzene rings is 2. The van der Waals surface area contributed by atoms with Crippen molar-refractivity contribution in [2.45, 2.75) is 0 Å². The molecule has 0 aliphatic rings. The van der Waals surface area contributed by atoms with Gasteiger partial charge in [0.2, 0.25) is 0 Å². The third-order valence-electron chi connectivity index (χ3n) is 3.51. The summed E-state index contributed by atoms with van der Waals surface area (Å²) in [6, 6.07) is 15.4. The molecule has 1 amide bonds. The van der Waals surface area contributed by atoms with Crippen LogP contribution in [-0.2, 0) is 0 Å². The topological polar surface area (TPSA) is 59.8 Å². The predicted octanol–water partition coefficient (Wildman–Crippen LogP) is 3.73. The Kier molecular flexibility index (Phi) is 3.36. The molecule has 5 nitrogen and oxygen atoms in total. The van der Waals surface area contributed by atoms with Crippen LogP contribution in [0.3, 0.4) is 0 Å². The first-order chi connectivity index (χ1) is 11.3. The number of aromatic nitrogens is 3. The fraction of sp³-hybridized carbons (Fsp3) is 0. The number of imidazole rings is 1. The van der Waals surface area contributed by atoms with Crippen molar-refractivity contribution in [2.75, 3.05) is 5.32 Å². The molecule has 0 aliphatic heterocycles. The lowest BCUT2D eigenvalue weighted by molar-refractivity contribution is 0.102. The number of thiazole rings is 1. The second-order valence-corrected chi connectivity index (χ2v) is 5.84. The van der Waals surface area contributed by atoms with Crippen molar-refractivity contribution in [1.29, 1.82) is 0 Å². The number of amides is 1. The quantitative estimate of drug-likeness (QED) is 0.625. The van der Waals surface area contributed by atoms with E-state index in [2.05, 4.69) is 15.3 Å². The average molecular weight is 320 g/mol. The number of para-hydroxylation sites is 2. The highest BCUT2D eigenvalue weighted by Gasteiger charge is 2.09. The van der Waals surface area contributed by atoms with Gasteiger partial charge in [0.05, 0.1) is 11.0 Å². The normalized spacial score (nSPS) is 10.8. The summed E-state index contributed by atoms with van der Waals surface area (Å²) in [5, 5.41) is 5.19. The molecule has 0 saturated carbocycles. The van der Waals surface area contributed by atoms with Gasteiger partial charge in [-0.3, -0.25) is 14.7 Å². The largest absolute Gasteiger partial charge is 0.299 e. The zero-order valence-electron chi connectivity index (χ0n) is 12.0. The molecule has 2 aromatic heterocycles. The molecule has 0 fully saturated rings. The van der Waals surface area contributed by atoms with Crippen molar-refractivity contribution >= 4 is 33.4 Å². The number of rotatable bonds is 3. The maximum atomic E-state index is 12.2. The number of carbonyl (C=O) groups is 1. The molecular formula is C17H12N4OS. The van der Waals surface area contributed by atoms with E-state index >= 15 is 0 Å². The van der Waals surface area contributed by atoms with Gasteiger partial charge in [-0.05, 0) is 36.4 Å². The molecule has 0 bridgehead atoms. The van der Waals surface area contributed by atoms with Gasteiger partial charge in [0.1, 0.15) is 6.33 Å². The number of carbonyl (C=O) groups excluding carboxylic acids is 1. The van der Waals surface area contributed by atoms with Crippen LogP contribution in [0.4, 0.5) is 5.13 Å². The standard InChI is InChI=1S/C17H12N4OS/c22-16(20-17-18-9-10-23-17)12-5-7-13(8-6-12)21-11-19-14-3-1-2-4-15(14)21/h1-11H,(H,18,20,22). The Bertz CT molecular complexity index is 958. The van der Waals surface area contributed by atoms with Gasteiger partial charge < -0.3 is 0 Å². The summed E-state index contributed by atoms with van der Waals surface area (Å²) in [4.78, 5) is 20.6. The monoisotopic (exact) mass is 320 g/mol. The zero-order valence-corrected chi connectivity index (χ0v) is 12.8. The van der Waals surface area contributed by atoms with E-state index < -0.39 is 0 Å². The number of anilines is 1. The minimum atomic E-state index is -0.165. The molecule has 4 aromatic rings. The molecule has 0 spiro atoms. The maximum absolute atomic E-state index is 12.2. The van der Waals surface area contributed by atoms with Crippen molar-refractivity contribution in [1.82, 2.24) is 14.5 Å². The fourth-order valence-electron chi connectivity index (χ4n) is 2.39. The van der Waals surface area contributed by atoms with Crippen molar-refractivity contribution in [3.63, 3.8) is 0 Å². The summed E-state index contributed by atoms with van der Waals surface area (Å²) in [6.07, 6.45) is 3.45. The molecule has 2 heterocycles. The molecule has 23 heavy (non-hydrogen) atoms. The van der Waals surface area contributed by atoms with E-state index in [1.54, 1.807) is 24.7 Å². The molecule has 0 unspecified atom stereocenters. The van der Waals surface area contributed by atoms with E-state index in [9.17, 15) is 4.79 Å². The number of hydrogen-bond acceptors (Lipinski definition) is 4. The Labute approximate surface area is 136 Å². The van der Waals surface area contributed by atoms with E-state index in [-0.39, 0.29) is 5.91 Å². The van der Waals surface area contributed by atoms with E-state index in [0.29, 0.717) is 10.7 Å². The molecular weight excluding hydrogens is 308 g/mol. The lowest BCUT2D eigenvalue weighted by Crippen LogP contribution is -2.11. The Morgan fingerprint density at radius 2 is 1.87 bits per heavy atom. The van der Waals surface area contributed by atoms with E-state index in [0.717, 1.165) is 16.7 Å². The van der Waals surface area contributed by atoms with Gasteiger partial charge >= 0.3 is 0 Å². The Morgan fingerprint density at radius 3 is 2.65 bits per heavy atom. The highest BCUT2D eigenvalue weighted by atomic mass is 32.1. The minimum absolute atomic E-state index is 0.165. The molecule has 4 rings (SSSR count). The lowest BCUT2D eigenvalue weighted by Gasteiger charge is -2.06. The van der Waals surface area contributed by atoms with Gasteiger partial charge in [-0.15, -0.1) is 11.3 Å². The average Bonchev–Trinajstić information content (AvgIpc) is 3.24. The van der Waals surface area contributed by atoms with Crippen LogP contribution in [0.15, 0.2) is 66.4 Å². The van der Waals surface area contributed by atoms with Crippen LogP contribution in [0.2, 0.25) is 0 Å². The molecule has 112 valence electrons. The molecule has 1 N–H and O–H groups in total. The molecule has 6 heteroatoms. The first-order valence-electron chi connectivity index (χ1n) is 7.05. The number of fused-ring (bicyclic) bond motifs is 1. The SMILES string of the molecule is O=C(Nc1nccs1)c1ccc(-n2cnc3ccccc32)cc1. The predicted molar refractivity (Wildman–Crippen MR) is 91.1 cm³/mol. The van der Waals surface area contributed by atoms with E-state index in [1.165, 1.54) is 11.3 Å². The summed E-state index contributed by atoms with van der Waals surface area (Å²) in [5.74, 6) is -0.165. The van der Waals surface area contributed by atoms with Crippen molar-refractivity contribution < 1.29 is 4.79 Å². The van der Waals surface area contributed by atoms with E-state index in [1.807, 2.05) is 46.3 Å². The Hall–Kier alpha value is -2.99. The maximum Gasteiger partial charge on any atom is 0.257 e. The van der Waals surface area contributed by atoms with Crippen molar-refractivity contribution in [3.8, 4) is 5.69 Å². The second kappa shape index (κ2) is 5.66. The van der Waals surface area contributed by atoms with Crippen LogP contribution < -0.4 is 5.32 Å². The summed E-state index contributed by atoms with van der Waals surface area (Å²) < 4.78 is 2.00. The smallest absolute Gasteiger partial charge is 0.257 e. The van der Waals surface area contributed by atoms with Gasteiger partial charge in [0, 0.05) is 22.8 Å². The van der Waals surface area contributed by atoms with Gasteiger partial charge in [0.25, 0.3) is 5.91 Å². The third kappa shape index (κ3) is 2.60. The van der Waals surface area contributed by atoms with Crippen LogP contribution in [0.25, 0.3) is 16.7 Å². The van der Waals surface area contributed by atoms with Crippen molar-refractivity contribution in [2.24, 2.45) is 0 Å². The third-order valence-corrected chi connectivity index (χ3v) is 4.20. The van der Waals surface area contributed by atoms with Crippen LogP contribution in [0.5, 0.6) is 0 Å². The molecule has 0 atom stereocenters. The first-order valence-corrected chi connectivity index (χ1v) is 7.92. The summed E-state index contributed by atoms with van der Waals surface area (Å²) in [5.41, 5.74) is 3.53. The number of hydrogen-bond donors (Lipinski definition) is 1. The fourth-order valence-corrected chi connectivity index (χ4v) is 2.92. The molecule has 0 radical (unpaired) electrons. The van der Waals surface area contributed by atoms with Crippen LogP contribution in [-0.4, -0.2) is 20.4 Å². The summed E-state index contributed by atoms with van der Waals surface area (Å²) >= 11 is 1.39. The lowest BCUT2D eigenvalue weighted by atomic mass is 10.2. The van der Waals surface area contributed by atoms with Crippen LogP contribution in [0, 0.1) is 0 Å². The molecule has 2 aromatic carbocycles. The minimum Gasteiger partial charge on any atom is -0.299 e. The summed E-state index contributed by atoms with van der Waals surface area (Å²) in [6.45, 7) is 0. The highest BCUT2D eigenvalue weighted by Crippen LogP contribution is 2.19. The molecule has 0 saturated heterocycles. The van der Waals surface area contributed by atoms with Gasteiger partial charge in [0.15, 0.2) is 5.13 Å². The number of nitrogens with zero attached hydrogens (tertiary/aromatic N) is 3. The number of nitrogens with one attached hydrogen (secondary N) is 1. The van der Waals surface area contributed by atoms with Crippen molar-refractivity contribution in [3.05, 3.63) is 72.0 Å². The Balaban J connectivity index is 1.62. The van der Waals surface area contributed by atoms with Crippen LogP contribution in [0.1, 0.15) is 10.4 Å². The summed E-state index contributed by atoms with van der Waals surface area (Å²) in [7, 11) is 0. The van der Waals surface area contributed by atoms with E-state index in [4.69, 9.17) is 0 Å². The first kappa shape index (κ1) is 13.7. The zero-order chi connectivity index (χ0) is 15.6. The second-order valence-electron chi connectivity index (χ2n) is 4.94. The van der Waals surface area contributed by atoms with Crippen LogP contribution >= 0.6 is 11.3 Å². The molecule has 0 aliphatic carbocycles. The van der Waals surface area contributed by atoms with Gasteiger partial charge in [-0.2, -0.15) is 0 Å². The Morgan fingerprint density at radius 1 is 1.04 bits per heavy atom. The van der Waals surface area contributed by atoms with Gasteiger partial charge in [-0.1, -0.05) is 12.1 Å². The van der Waals surface area contributed by atoms with Gasteiger partial charge in [-0.25, -0.2) is 9.97 Å². The highest BCUT2D eigenvalue weighted by molar-refractivity contribution is 7.13.